The van der Waals surface area contributed by atoms with E-state index < -0.39 is 0 Å². The molecule has 0 fully saturated rings. The molecule has 0 heterocycles. The largest absolute Gasteiger partial charge is 0.462 e. The number of rotatable bonds is 2. The average Bonchev–Trinajstić information content (AvgIpc) is 2.30. The lowest BCUT2D eigenvalue weighted by Gasteiger charge is -2.33. The number of ether oxygens (including phenoxy) is 1. The van der Waals surface area contributed by atoms with Crippen molar-refractivity contribution in [3.05, 3.63) is 42.2 Å². The molecule has 0 aliphatic heterocycles. The third kappa shape index (κ3) is 3.36. The third-order valence-corrected chi connectivity index (χ3v) is 3.59. The van der Waals surface area contributed by atoms with E-state index in [-0.39, 0.29) is 0 Å². The predicted molar refractivity (Wildman–Crippen MR) is 71.9 cm³/mol. The maximum absolute atomic E-state index is 5.88. The van der Waals surface area contributed by atoms with Crippen molar-refractivity contribution in [3.8, 4) is 5.75 Å². The van der Waals surface area contributed by atoms with E-state index in [0.29, 0.717) is 5.41 Å². The summed E-state index contributed by atoms with van der Waals surface area (Å²) < 4.78 is 5.88. The van der Waals surface area contributed by atoms with Crippen molar-refractivity contribution in [2.75, 3.05) is 0 Å². The minimum Gasteiger partial charge on any atom is -0.462 e. The third-order valence-electron chi connectivity index (χ3n) is 3.59. The number of hydrogen-bond donors (Lipinski definition) is 0. The van der Waals surface area contributed by atoms with Crippen molar-refractivity contribution in [2.45, 2.75) is 40.0 Å². The van der Waals surface area contributed by atoms with Crippen LogP contribution in [-0.4, -0.2) is 0 Å². The molecule has 0 bridgehead atoms. The molecule has 1 heteroatoms. The fraction of sp³-hybridized carbons (Fsp3) is 0.500. The van der Waals surface area contributed by atoms with Gasteiger partial charge in [-0.05, 0) is 42.4 Å². The van der Waals surface area contributed by atoms with E-state index in [2.05, 4.69) is 26.8 Å². The molecule has 1 atom stereocenters. The molecular formula is C16H22O. The molecule has 0 N–H and O–H groups in total. The zero-order valence-corrected chi connectivity index (χ0v) is 11.1. The van der Waals surface area contributed by atoms with Crippen molar-refractivity contribution in [1.82, 2.24) is 0 Å². The molecule has 0 aromatic heterocycles. The van der Waals surface area contributed by atoms with Crippen LogP contribution in [0, 0.1) is 11.3 Å². The van der Waals surface area contributed by atoms with Crippen molar-refractivity contribution < 1.29 is 4.74 Å². The van der Waals surface area contributed by atoms with Crippen LogP contribution in [0.1, 0.15) is 40.0 Å². The Hall–Kier alpha value is -1.24. The summed E-state index contributed by atoms with van der Waals surface area (Å²) in [4.78, 5) is 0. The van der Waals surface area contributed by atoms with Gasteiger partial charge in [-0.15, -0.1) is 0 Å². The van der Waals surface area contributed by atoms with Gasteiger partial charge in [0.1, 0.15) is 11.5 Å². The Morgan fingerprint density at radius 2 is 1.82 bits per heavy atom. The van der Waals surface area contributed by atoms with Crippen LogP contribution in [0.2, 0.25) is 0 Å². The Morgan fingerprint density at radius 3 is 2.35 bits per heavy atom. The van der Waals surface area contributed by atoms with Gasteiger partial charge in [0.2, 0.25) is 0 Å². The van der Waals surface area contributed by atoms with Crippen molar-refractivity contribution in [3.63, 3.8) is 0 Å². The van der Waals surface area contributed by atoms with E-state index in [1.165, 1.54) is 6.42 Å². The topological polar surface area (TPSA) is 9.23 Å². The Morgan fingerprint density at radius 1 is 1.12 bits per heavy atom. The van der Waals surface area contributed by atoms with Crippen LogP contribution in [0.5, 0.6) is 5.75 Å². The Balaban J connectivity index is 1.96. The standard InChI is InChI=1S/C16H22O/c1-16(2,3)13-9-11-15(12-10-13)17-14-7-5-4-6-8-14/h4-8,11,13H,9-10,12H2,1-3H3. The predicted octanol–water partition coefficient (Wildman–Crippen LogP) is 4.80. The highest BCUT2D eigenvalue weighted by molar-refractivity contribution is 5.23. The molecule has 1 nitrogen and oxygen atoms in total. The lowest BCUT2D eigenvalue weighted by Crippen LogP contribution is -2.22. The highest BCUT2D eigenvalue weighted by atomic mass is 16.5. The Labute approximate surface area is 104 Å². The lowest BCUT2D eigenvalue weighted by atomic mass is 9.74. The van der Waals surface area contributed by atoms with Crippen molar-refractivity contribution >= 4 is 0 Å². The van der Waals surface area contributed by atoms with E-state index in [4.69, 9.17) is 4.74 Å². The molecule has 1 aromatic carbocycles. The van der Waals surface area contributed by atoms with Gasteiger partial charge in [0.25, 0.3) is 0 Å². The fourth-order valence-electron chi connectivity index (χ4n) is 2.33. The first kappa shape index (κ1) is 12.2. The van der Waals surface area contributed by atoms with Gasteiger partial charge in [0, 0.05) is 6.42 Å². The number of benzene rings is 1. The molecule has 2 rings (SSSR count). The number of allylic oxidation sites excluding steroid dienone is 2. The van der Waals surface area contributed by atoms with Crippen LogP contribution in [0.3, 0.4) is 0 Å². The average molecular weight is 230 g/mol. The summed E-state index contributed by atoms with van der Waals surface area (Å²) in [6, 6.07) is 10.1. The van der Waals surface area contributed by atoms with Gasteiger partial charge in [-0.25, -0.2) is 0 Å². The van der Waals surface area contributed by atoms with Crippen molar-refractivity contribution in [2.24, 2.45) is 11.3 Å². The summed E-state index contributed by atoms with van der Waals surface area (Å²) >= 11 is 0. The van der Waals surface area contributed by atoms with Gasteiger partial charge in [-0.1, -0.05) is 39.0 Å². The van der Waals surface area contributed by atoms with Gasteiger partial charge < -0.3 is 4.74 Å². The molecule has 0 saturated heterocycles. The molecule has 92 valence electrons. The quantitative estimate of drug-likeness (QED) is 0.709. The summed E-state index contributed by atoms with van der Waals surface area (Å²) in [5, 5.41) is 0. The molecule has 0 radical (unpaired) electrons. The monoisotopic (exact) mass is 230 g/mol. The molecule has 0 amide bonds. The maximum Gasteiger partial charge on any atom is 0.126 e. The summed E-state index contributed by atoms with van der Waals surface area (Å²) in [7, 11) is 0. The minimum atomic E-state index is 0.411. The Kier molecular flexibility index (Phi) is 3.56. The fourth-order valence-corrected chi connectivity index (χ4v) is 2.33. The van der Waals surface area contributed by atoms with Gasteiger partial charge in [0.15, 0.2) is 0 Å². The second-order valence-electron chi connectivity index (χ2n) is 5.92. The molecule has 0 spiro atoms. The Bertz CT molecular complexity index is 384. The molecular weight excluding hydrogens is 208 g/mol. The second kappa shape index (κ2) is 4.95. The summed E-state index contributed by atoms with van der Waals surface area (Å²) in [5.41, 5.74) is 0.411. The molecule has 1 aliphatic carbocycles. The highest BCUT2D eigenvalue weighted by Crippen LogP contribution is 2.37. The number of hydrogen-bond acceptors (Lipinski definition) is 1. The SMILES string of the molecule is CC(C)(C)C1CC=C(Oc2ccccc2)CC1. The van der Waals surface area contributed by atoms with Crippen LogP contribution >= 0.6 is 0 Å². The van der Waals surface area contributed by atoms with Gasteiger partial charge >= 0.3 is 0 Å². The van der Waals surface area contributed by atoms with Crippen LogP contribution in [0.15, 0.2) is 42.2 Å². The van der Waals surface area contributed by atoms with E-state index in [9.17, 15) is 0 Å². The van der Waals surface area contributed by atoms with Crippen LogP contribution in [0.4, 0.5) is 0 Å². The molecule has 1 unspecified atom stereocenters. The van der Waals surface area contributed by atoms with Crippen molar-refractivity contribution in [1.29, 1.82) is 0 Å². The first-order valence-corrected chi connectivity index (χ1v) is 6.47. The first-order valence-electron chi connectivity index (χ1n) is 6.47. The second-order valence-corrected chi connectivity index (χ2v) is 5.92. The molecule has 1 aliphatic rings. The summed E-state index contributed by atoms with van der Waals surface area (Å²) in [6.07, 6.45) is 5.72. The van der Waals surface area contributed by atoms with E-state index in [0.717, 1.165) is 30.3 Å². The zero-order valence-electron chi connectivity index (χ0n) is 11.1. The maximum atomic E-state index is 5.88. The van der Waals surface area contributed by atoms with E-state index >= 15 is 0 Å². The van der Waals surface area contributed by atoms with Gasteiger partial charge in [0.05, 0.1) is 0 Å². The minimum absolute atomic E-state index is 0.411. The normalized spacial score (nSPS) is 20.9. The zero-order chi connectivity index (χ0) is 12.3. The molecule has 1 aromatic rings. The summed E-state index contributed by atoms with van der Waals surface area (Å²) in [5.74, 6) is 2.87. The molecule has 17 heavy (non-hydrogen) atoms. The molecule has 0 saturated carbocycles. The van der Waals surface area contributed by atoms with Crippen LogP contribution in [0.25, 0.3) is 0 Å². The van der Waals surface area contributed by atoms with E-state index in [1.54, 1.807) is 0 Å². The van der Waals surface area contributed by atoms with E-state index in [1.807, 2.05) is 30.3 Å². The summed E-state index contributed by atoms with van der Waals surface area (Å²) in [6.45, 7) is 6.98. The smallest absolute Gasteiger partial charge is 0.126 e. The van der Waals surface area contributed by atoms with Crippen LogP contribution in [-0.2, 0) is 0 Å². The first-order chi connectivity index (χ1) is 8.05. The van der Waals surface area contributed by atoms with Gasteiger partial charge in [-0.2, -0.15) is 0 Å². The van der Waals surface area contributed by atoms with Gasteiger partial charge in [-0.3, -0.25) is 0 Å². The lowest BCUT2D eigenvalue weighted by molar-refractivity contribution is 0.206. The number of para-hydroxylation sites is 1. The van der Waals surface area contributed by atoms with Crippen LogP contribution < -0.4 is 4.74 Å². The highest BCUT2D eigenvalue weighted by Gasteiger charge is 2.26.